The number of likely N-dealkylation sites (tertiary alicyclic amines) is 2. The number of nitrogens with two attached hydrogens (primary N) is 1. The van der Waals surface area contributed by atoms with Gasteiger partial charge in [0, 0.05) is 38.8 Å². The Morgan fingerprint density at radius 2 is 1.80 bits per heavy atom. The minimum absolute atomic E-state index is 0.0766. The second-order valence-corrected chi connectivity index (χ2v) is 9.12. The van der Waals surface area contributed by atoms with E-state index in [2.05, 4.69) is 22.8 Å². The van der Waals surface area contributed by atoms with E-state index in [9.17, 15) is 5.11 Å². The minimum atomic E-state index is -0.543. The number of β-amino-alcohol motifs (C(OH)–C–C–N with tert-alkyl or cyclic N) is 1. The summed E-state index contributed by atoms with van der Waals surface area (Å²) in [6.07, 6.45) is 3.92. The molecule has 2 fully saturated rings. The number of rotatable bonds is 9. The van der Waals surface area contributed by atoms with Crippen molar-refractivity contribution in [2.75, 3.05) is 53.6 Å². The molecule has 0 aliphatic carbocycles. The van der Waals surface area contributed by atoms with Crippen LogP contribution in [0.15, 0.2) is 18.2 Å². The summed E-state index contributed by atoms with van der Waals surface area (Å²) in [5, 5.41) is 10.4. The maximum Gasteiger partial charge on any atom is 0.161 e. The summed E-state index contributed by atoms with van der Waals surface area (Å²) >= 11 is 0. The lowest BCUT2D eigenvalue weighted by molar-refractivity contribution is 0.0388. The average molecular weight is 422 g/mol. The number of aliphatic hydroxyl groups is 1. The summed E-state index contributed by atoms with van der Waals surface area (Å²) in [6, 6.07) is 6.07. The van der Waals surface area contributed by atoms with E-state index in [-0.39, 0.29) is 12.1 Å². The van der Waals surface area contributed by atoms with Crippen molar-refractivity contribution in [1.82, 2.24) is 9.80 Å². The van der Waals surface area contributed by atoms with Gasteiger partial charge in [-0.3, -0.25) is 4.90 Å². The standard InChI is InChI=1S/C23H39N3O4/c1-23(24)8-12-26(13-9-23)16-19(27)17-30-21-5-4-18(14-22(21)29-3)15-25-10-6-20(28-2)7-11-25/h4-5,14,19-20,27H,6-13,15-17,24H2,1-3H3. The third-order valence-corrected chi connectivity index (χ3v) is 6.40. The first kappa shape index (κ1) is 23.3. The number of nitrogens with zero attached hydrogens (tertiary/aromatic N) is 2. The molecule has 170 valence electrons. The van der Waals surface area contributed by atoms with Crippen LogP contribution < -0.4 is 15.2 Å². The van der Waals surface area contributed by atoms with Gasteiger partial charge in [0.25, 0.3) is 0 Å². The largest absolute Gasteiger partial charge is 0.493 e. The smallest absolute Gasteiger partial charge is 0.161 e. The Kier molecular flexibility index (Phi) is 8.36. The molecule has 2 heterocycles. The lowest BCUT2D eigenvalue weighted by Gasteiger charge is -2.37. The summed E-state index contributed by atoms with van der Waals surface area (Å²) in [4.78, 5) is 4.70. The molecule has 1 atom stereocenters. The average Bonchev–Trinajstić information content (AvgIpc) is 2.74. The van der Waals surface area contributed by atoms with Crippen molar-refractivity contribution in [3.63, 3.8) is 0 Å². The Bertz CT molecular complexity index is 652. The van der Waals surface area contributed by atoms with Gasteiger partial charge in [-0.05, 0) is 63.4 Å². The van der Waals surface area contributed by atoms with E-state index in [1.54, 1.807) is 14.2 Å². The van der Waals surface area contributed by atoms with Gasteiger partial charge in [0.05, 0.1) is 13.2 Å². The number of ether oxygens (including phenoxy) is 3. The Hall–Kier alpha value is -1.38. The lowest BCUT2D eigenvalue weighted by Crippen LogP contribution is -2.50. The molecular formula is C23H39N3O4. The van der Waals surface area contributed by atoms with E-state index in [1.165, 1.54) is 5.56 Å². The highest BCUT2D eigenvalue weighted by atomic mass is 16.5. The monoisotopic (exact) mass is 421 g/mol. The molecule has 0 spiro atoms. The molecule has 0 amide bonds. The van der Waals surface area contributed by atoms with Crippen molar-refractivity contribution >= 4 is 0 Å². The maximum absolute atomic E-state index is 10.4. The zero-order valence-electron chi connectivity index (χ0n) is 18.8. The van der Waals surface area contributed by atoms with Gasteiger partial charge < -0.3 is 30.0 Å². The summed E-state index contributed by atoms with van der Waals surface area (Å²) in [6.45, 7) is 7.78. The van der Waals surface area contributed by atoms with E-state index in [4.69, 9.17) is 19.9 Å². The number of piperidine rings is 2. The molecule has 2 aliphatic heterocycles. The van der Waals surface area contributed by atoms with Gasteiger partial charge in [-0.2, -0.15) is 0 Å². The first-order chi connectivity index (χ1) is 14.4. The molecule has 7 nitrogen and oxygen atoms in total. The summed E-state index contributed by atoms with van der Waals surface area (Å²) < 4.78 is 16.9. The van der Waals surface area contributed by atoms with Crippen LogP contribution in [0.25, 0.3) is 0 Å². The molecule has 2 aliphatic rings. The number of aliphatic hydroxyl groups excluding tert-OH is 1. The Balaban J connectivity index is 1.46. The summed E-state index contributed by atoms with van der Waals surface area (Å²) in [5.41, 5.74) is 7.31. The lowest BCUT2D eigenvalue weighted by atomic mass is 9.91. The van der Waals surface area contributed by atoms with Gasteiger partial charge in [0.1, 0.15) is 12.7 Å². The fourth-order valence-corrected chi connectivity index (χ4v) is 4.27. The minimum Gasteiger partial charge on any atom is -0.493 e. The van der Waals surface area contributed by atoms with Crippen molar-refractivity contribution < 1.29 is 19.3 Å². The van der Waals surface area contributed by atoms with Crippen molar-refractivity contribution in [2.24, 2.45) is 5.73 Å². The van der Waals surface area contributed by atoms with Crippen LogP contribution >= 0.6 is 0 Å². The quantitative estimate of drug-likeness (QED) is 0.630. The SMILES string of the molecule is COc1cc(CN2CCC(OC)CC2)ccc1OCC(O)CN1CCC(C)(N)CC1. The molecule has 1 unspecified atom stereocenters. The first-order valence-corrected chi connectivity index (χ1v) is 11.1. The normalized spacial score (nSPS) is 22.0. The zero-order chi connectivity index (χ0) is 21.6. The van der Waals surface area contributed by atoms with Gasteiger partial charge in [0.2, 0.25) is 0 Å². The first-order valence-electron chi connectivity index (χ1n) is 11.1. The highest BCUT2D eigenvalue weighted by molar-refractivity contribution is 5.43. The number of methoxy groups -OCH3 is 2. The Labute approximate surface area is 181 Å². The predicted molar refractivity (Wildman–Crippen MR) is 118 cm³/mol. The number of hydrogen-bond donors (Lipinski definition) is 2. The molecule has 0 bridgehead atoms. The summed E-state index contributed by atoms with van der Waals surface area (Å²) in [7, 11) is 3.45. The number of hydrogen-bond acceptors (Lipinski definition) is 7. The predicted octanol–water partition coefficient (Wildman–Crippen LogP) is 1.86. The van der Waals surface area contributed by atoms with Crippen LogP contribution in [0.1, 0.15) is 38.2 Å². The fraction of sp³-hybridized carbons (Fsp3) is 0.739. The fourth-order valence-electron chi connectivity index (χ4n) is 4.27. The molecule has 0 aromatic heterocycles. The van der Waals surface area contributed by atoms with E-state index in [0.717, 1.165) is 58.4 Å². The van der Waals surface area contributed by atoms with Crippen LogP contribution in [0, 0.1) is 0 Å². The van der Waals surface area contributed by atoms with Crippen LogP contribution in [-0.4, -0.2) is 86.2 Å². The van der Waals surface area contributed by atoms with Crippen LogP contribution in [-0.2, 0) is 11.3 Å². The van der Waals surface area contributed by atoms with Crippen molar-refractivity contribution in [2.45, 2.75) is 56.9 Å². The van der Waals surface area contributed by atoms with E-state index < -0.39 is 6.10 Å². The van der Waals surface area contributed by atoms with Crippen LogP contribution in [0.5, 0.6) is 11.5 Å². The van der Waals surface area contributed by atoms with Gasteiger partial charge in [0.15, 0.2) is 11.5 Å². The zero-order valence-corrected chi connectivity index (χ0v) is 18.8. The second-order valence-electron chi connectivity index (χ2n) is 9.12. The molecule has 7 heteroatoms. The second kappa shape index (κ2) is 10.8. The molecule has 1 aromatic rings. The van der Waals surface area contributed by atoms with Crippen LogP contribution in [0.2, 0.25) is 0 Å². The molecule has 1 aromatic carbocycles. The van der Waals surface area contributed by atoms with Crippen molar-refractivity contribution in [3.05, 3.63) is 23.8 Å². The van der Waals surface area contributed by atoms with Gasteiger partial charge >= 0.3 is 0 Å². The topological polar surface area (TPSA) is 80.4 Å². The third kappa shape index (κ3) is 6.82. The van der Waals surface area contributed by atoms with E-state index in [0.29, 0.717) is 24.1 Å². The maximum atomic E-state index is 10.4. The van der Waals surface area contributed by atoms with Gasteiger partial charge in [-0.1, -0.05) is 6.07 Å². The van der Waals surface area contributed by atoms with Gasteiger partial charge in [-0.15, -0.1) is 0 Å². The van der Waals surface area contributed by atoms with E-state index in [1.807, 2.05) is 12.1 Å². The number of benzene rings is 1. The third-order valence-electron chi connectivity index (χ3n) is 6.40. The molecule has 30 heavy (non-hydrogen) atoms. The highest BCUT2D eigenvalue weighted by Crippen LogP contribution is 2.29. The Morgan fingerprint density at radius 3 is 2.43 bits per heavy atom. The molecule has 3 N–H and O–H groups in total. The van der Waals surface area contributed by atoms with E-state index >= 15 is 0 Å². The highest BCUT2D eigenvalue weighted by Gasteiger charge is 2.27. The van der Waals surface area contributed by atoms with Crippen molar-refractivity contribution in [1.29, 1.82) is 0 Å². The molecular weight excluding hydrogens is 382 g/mol. The summed E-state index contributed by atoms with van der Waals surface area (Å²) in [5.74, 6) is 1.38. The molecule has 2 saturated heterocycles. The van der Waals surface area contributed by atoms with Crippen molar-refractivity contribution in [3.8, 4) is 11.5 Å². The molecule has 0 saturated carbocycles. The Morgan fingerprint density at radius 1 is 1.10 bits per heavy atom. The molecule has 0 radical (unpaired) electrons. The molecule has 3 rings (SSSR count). The van der Waals surface area contributed by atoms with Crippen LogP contribution in [0.3, 0.4) is 0 Å². The van der Waals surface area contributed by atoms with Crippen LogP contribution in [0.4, 0.5) is 0 Å². The van der Waals surface area contributed by atoms with Gasteiger partial charge in [-0.25, -0.2) is 0 Å².